The van der Waals surface area contributed by atoms with Gasteiger partial charge in [0.15, 0.2) is 0 Å². The quantitative estimate of drug-likeness (QED) is 0.443. The van der Waals surface area contributed by atoms with E-state index in [0.717, 1.165) is 24.5 Å². The summed E-state index contributed by atoms with van der Waals surface area (Å²) in [6.45, 7) is 3.48. The topological polar surface area (TPSA) is 41.5 Å². The van der Waals surface area contributed by atoms with E-state index in [1.54, 1.807) is 0 Å². The zero-order chi connectivity index (χ0) is 15.3. The minimum atomic E-state index is -0.518. The molecule has 4 heteroatoms. The Balaban J connectivity index is 2.13. The SMILES string of the molecule is CCCCCCCCOc1ccc(NCC(O)CCl)cc1. The van der Waals surface area contributed by atoms with Crippen LogP contribution in [0.25, 0.3) is 0 Å². The largest absolute Gasteiger partial charge is 0.494 e. The average molecular weight is 314 g/mol. The lowest BCUT2D eigenvalue weighted by Gasteiger charge is -2.11. The predicted molar refractivity (Wildman–Crippen MR) is 90.5 cm³/mol. The van der Waals surface area contributed by atoms with Gasteiger partial charge in [0.25, 0.3) is 0 Å². The van der Waals surface area contributed by atoms with E-state index in [9.17, 15) is 5.11 Å². The maximum atomic E-state index is 9.38. The number of aliphatic hydroxyl groups excluding tert-OH is 1. The molecule has 0 radical (unpaired) electrons. The van der Waals surface area contributed by atoms with Gasteiger partial charge < -0.3 is 15.2 Å². The molecule has 1 atom stereocenters. The minimum Gasteiger partial charge on any atom is -0.494 e. The van der Waals surface area contributed by atoms with Crippen molar-refractivity contribution in [3.8, 4) is 5.75 Å². The van der Waals surface area contributed by atoms with Crippen molar-refractivity contribution >= 4 is 17.3 Å². The maximum Gasteiger partial charge on any atom is 0.119 e. The molecule has 1 unspecified atom stereocenters. The van der Waals surface area contributed by atoms with Crippen LogP contribution >= 0.6 is 11.6 Å². The minimum absolute atomic E-state index is 0.243. The van der Waals surface area contributed by atoms with Gasteiger partial charge in [-0.3, -0.25) is 0 Å². The van der Waals surface area contributed by atoms with Gasteiger partial charge in [0.05, 0.1) is 18.6 Å². The Bertz CT molecular complexity index is 356. The van der Waals surface area contributed by atoms with Crippen LogP contribution in [0.1, 0.15) is 45.4 Å². The molecule has 0 amide bonds. The number of benzene rings is 1. The number of nitrogens with one attached hydrogen (secondary N) is 1. The summed E-state index contributed by atoms with van der Waals surface area (Å²) < 4.78 is 5.72. The van der Waals surface area contributed by atoms with Crippen LogP contribution in [0.15, 0.2) is 24.3 Å². The molecule has 21 heavy (non-hydrogen) atoms. The Morgan fingerprint density at radius 1 is 1.10 bits per heavy atom. The molecular formula is C17H28ClNO2. The molecule has 1 rings (SSSR count). The summed E-state index contributed by atoms with van der Waals surface area (Å²) >= 11 is 5.54. The molecule has 0 spiro atoms. The summed E-state index contributed by atoms with van der Waals surface area (Å²) in [5, 5.41) is 12.5. The van der Waals surface area contributed by atoms with Crippen LogP contribution < -0.4 is 10.1 Å². The fourth-order valence-electron chi connectivity index (χ4n) is 2.03. The Morgan fingerprint density at radius 2 is 1.76 bits per heavy atom. The lowest BCUT2D eigenvalue weighted by atomic mass is 10.1. The Kier molecular flexibility index (Phi) is 10.1. The number of anilines is 1. The van der Waals surface area contributed by atoms with Gasteiger partial charge in [-0.25, -0.2) is 0 Å². The van der Waals surface area contributed by atoms with Crippen molar-refractivity contribution in [1.82, 2.24) is 0 Å². The van der Waals surface area contributed by atoms with Crippen LogP contribution in [0, 0.1) is 0 Å². The molecule has 1 aromatic rings. The van der Waals surface area contributed by atoms with E-state index in [0.29, 0.717) is 6.54 Å². The van der Waals surface area contributed by atoms with Gasteiger partial charge in [0.1, 0.15) is 5.75 Å². The fourth-order valence-corrected chi connectivity index (χ4v) is 2.14. The van der Waals surface area contributed by atoms with E-state index >= 15 is 0 Å². The van der Waals surface area contributed by atoms with E-state index in [-0.39, 0.29) is 5.88 Å². The number of hydrogen-bond donors (Lipinski definition) is 2. The van der Waals surface area contributed by atoms with Gasteiger partial charge in [-0.1, -0.05) is 39.0 Å². The summed E-state index contributed by atoms with van der Waals surface area (Å²) in [5.74, 6) is 1.14. The lowest BCUT2D eigenvalue weighted by molar-refractivity contribution is 0.211. The zero-order valence-corrected chi connectivity index (χ0v) is 13.7. The van der Waals surface area contributed by atoms with Crippen molar-refractivity contribution in [1.29, 1.82) is 0 Å². The Morgan fingerprint density at radius 3 is 2.43 bits per heavy atom. The monoisotopic (exact) mass is 313 g/mol. The third kappa shape index (κ3) is 8.84. The highest BCUT2D eigenvalue weighted by Crippen LogP contribution is 2.16. The number of unbranched alkanes of at least 4 members (excludes halogenated alkanes) is 5. The van der Waals surface area contributed by atoms with Crippen molar-refractivity contribution in [3.05, 3.63) is 24.3 Å². The van der Waals surface area contributed by atoms with Crippen LogP contribution in [-0.4, -0.2) is 30.2 Å². The second-order valence-electron chi connectivity index (χ2n) is 5.33. The second kappa shape index (κ2) is 11.7. The summed E-state index contributed by atoms with van der Waals surface area (Å²) in [5.41, 5.74) is 0.964. The van der Waals surface area contributed by atoms with Crippen LogP contribution in [0.2, 0.25) is 0 Å². The first kappa shape index (κ1) is 18.1. The molecule has 0 aliphatic heterocycles. The number of hydrogen-bond acceptors (Lipinski definition) is 3. The van der Waals surface area contributed by atoms with Crippen LogP contribution in [-0.2, 0) is 0 Å². The van der Waals surface area contributed by atoms with Gasteiger partial charge >= 0.3 is 0 Å². The molecule has 0 heterocycles. The summed E-state index contributed by atoms with van der Waals surface area (Å²) in [7, 11) is 0. The predicted octanol–water partition coefficient (Wildman–Crippen LogP) is 4.44. The van der Waals surface area contributed by atoms with Crippen LogP contribution in [0.5, 0.6) is 5.75 Å². The molecule has 2 N–H and O–H groups in total. The third-order valence-corrected chi connectivity index (χ3v) is 3.70. The van der Waals surface area contributed by atoms with Crippen molar-refractivity contribution in [2.75, 3.05) is 24.3 Å². The molecule has 0 aliphatic carbocycles. The standard InChI is InChI=1S/C17H28ClNO2/c1-2-3-4-5-6-7-12-21-17-10-8-15(9-11-17)19-14-16(20)13-18/h8-11,16,19-20H,2-7,12-14H2,1H3. The van der Waals surface area contributed by atoms with Gasteiger partial charge in [0.2, 0.25) is 0 Å². The van der Waals surface area contributed by atoms with Crippen LogP contribution in [0.3, 0.4) is 0 Å². The third-order valence-electron chi connectivity index (χ3n) is 3.34. The van der Waals surface area contributed by atoms with Crippen molar-refractivity contribution in [2.45, 2.75) is 51.6 Å². The van der Waals surface area contributed by atoms with E-state index in [1.165, 1.54) is 32.1 Å². The molecular weight excluding hydrogens is 286 g/mol. The van der Waals surface area contributed by atoms with Gasteiger partial charge in [-0.05, 0) is 30.7 Å². The first-order chi connectivity index (χ1) is 10.3. The molecule has 0 saturated heterocycles. The highest BCUT2D eigenvalue weighted by molar-refractivity contribution is 6.18. The fraction of sp³-hybridized carbons (Fsp3) is 0.647. The van der Waals surface area contributed by atoms with Gasteiger partial charge in [-0.2, -0.15) is 0 Å². The van der Waals surface area contributed by atoms with E-state index in [1.807, 2.05) is 24.3 Å². The van der Waals surface area contributed by atoms with E-state index in [2.05, 4.69) is 12.2 Å². The average Bonchev–Trinajstić information content (AvgIpc) is 2.52. The van der Waals surface area contributed by atoms with E-state index in [4.69, 9.17) is 16.3 Å². The molecule has 0 aliphatic rings. The van der Waals surface area contributed by atoms with Gasteiger partial charge in [-0.15, -0.1) is 11.6 Å². The Hall–Kier alpha value is -0.930. The number of alkyl halides is 1. The first-order valence-electron chi connectivity index (χ1n) is 7.97. The first-order valence-corrected chi connectivity index (χ1v) is 8.50. The van der Waals surface area contributed by atoms with Crippen molar-refractivity contribution in [3.63, 3.8) is 0 Å². The van der Waals surface area contributed by atoms with Gasteiger partial charge in [0, 0.05) is 12.2 Å². The molecule has 0 fully saturated rings. The van der Waals surface area contributed by atoms with Crippen molar-refractivity contribution in [2.24, 2.45) is 0 Å². The number of halogens is 1. The van der Waals surface area contributed by atoms with Crippen LogP contribution in [0.4, 0.5) is 5.69 Å². The summed E-state index contributed by atoms with van der Waals surface area (Å²) in [6, 6.07) is 7.81. The molecule has 0 aromatic heterocycles. The summed E-state index contributed by atoms with van der Waals surface area (Å²) in [4.78, 5) is 0. The molecule has 3 nitrogen and oxygen atoms in total. The highest BCUT2D eigenvalue weighted by Gasteiger charge is 2.01. The second-order valence-corrected chi connectivity index (χ2v) is 5.64. The summed E-state index contributed by atoms with van der Waals surface area (Å²) in [6.07, 6.45) is 7.12. The lowest BCUT2D eigenvalue weighted by Crippen LogP contribution is -2.20. The highest BCUT2D eigenvalue weighted by atomic mass is 35.5. The normalized spacial score (nSPS) is 12.1. The number of ether oxygens (including phenoxy) is 1. The molecule has 120 valence electrons. The smallest absolute Gasteiger partial charge is 0.119 e. The van der Waals surface area contributed by atoms with E-state index < -0.39 is 6.10 Å². The molecule has 0 bridgehead atoms. The Labute approximate surface area is 133 Å². The number of aliphatic hydroxyl groups is 1. The maximum absolute atomic E-state index is 9.38. The zero-order valence-electron chi connectivity index (χ0n) is 13.0. The molecule has 0 saturated carbocycles. The molecule has 1 aromatic carbocycles. The van der Waals surface area contributed by atoms with Crippen molar-refractivity contribution < 1.29 is 9.84 Å². The number of rotatable bonds is 12.